The number of carbonyl (C=O) groups excluding carboxylic acids is 1. The summed E-state index contributed by atoms with van der Waals surface area (Å²) < 4.78 is 35.4. The minimum Gasteiger partial charge on any atom is -0.475 e. The molecule has 1 atom stereocenters. The molecular weight excluding hydrogens is 430 g/mol. The Morgan fingerprint density at radius 3 is 2.56 bits per heavy atom. The molecule has 3 aliphatic rings. The third kappa shape index (κ3) is 3.75. The molecule has 9 nitrogen and oxygen atoms in total. The van der Waals surface area contributed by atoms with Crippen molar-refractivity contribution >= 4 is 21.7 Å². The maximum atomic E-state index is 13.0. The van der Waals surface area contributed by atoms with Crippen molar-refractivity contribution in [1.82, 2.24) is 19.4 Å². The van der Waals surface area contributed by atoms with Gasteiger partial charge in [0.1, 0.15) is 6.61 Å². The molecule has 5 rings (SSSR count). The second kappa shape index (κ2) is 8.08. The van der Waals surface area contributed by atoms with Gasteiger partial charge in [0.2, 0.25) is 5.88 Å². The number of anilines is 1. The van der Waals surface area contributed by atoms with Crippen molar-refractivity contribution < 1.29 is 17.9 Å². The van der Waals surface area contributed by atoms with Crippen molar-refractivity contribution in [1.29, 1.82) is 0 Å². The third-order valence-corrected chi connectivity index (χ3v) is 8.08. The molecule has 2 heterocycles. The molecule has 2 aliphatic carbocycles. The van der Waals surface area contributed by atoms with Crippen LogP contribution < -0.4 is 14.8 Å². The van der Waals surface area contributed by atoms with Gasteiger partial charge in [0.15, 0.2) is 4.90 Å². The Bertz CT molecular complexity index is 1170. The van der Waals surface area contributed by atoms with Gasteiger partial charge in [-0.2, -0.15) is 5.10 Å². The normalized spacial score (nSPS) is 19.7. The van der Waals surface area contributed by atoms with Crippen LogP contribution in [0.3, 0.4) is 0 Å². The summed E-state index contributed by atoms with van der Waals surface area (Å²) in [7, 11) is -0.264. The molecule has 0 saturated heterocycles. The maximum absolute atomic E-state index is 13.0. The van der Waals surface area contributed by atoms with Crippen LogP contribution >= 0.6 is 0 Å². The monoisotopic (exact) mass is 459 g/mol. The number of nitrogens with zero attached hydrogens (tertiary/aromatic N) is 3. The van der Waals surface area contributed by atoms with E-state index in [2.05, 4.69) is 21.2 Å². The number of fused-ring (bicyclic) bond motifs is 3. The van der Waals surface area contributed by atoms with E-state index in [1.165, 1.54) is 22.0 Å². The topological polar surface area (TPSA) is 106 Å². The fourth-order valence-corrected chi connectivity index (χ4v) is 5.99. The van der Waals surface area contributed by atoms with Crippen molar-refractivity contribution in [3.05, 3.63) is 34.5 Å². The second-order valence-corrected chi connectivity index (χ2v) is 10.7. The molecule has 1 aromatic carbocycles. The Morgan fingerprint density at radius 2 is 1.81 bits per heavy atom. The van der Waals surface area contributed by atoms with Gasteiger partial charge in [-0.25, -0.2) is 22.6 Å². The summed E-state index contributed by atoms with van der Waals surface area (Å²) in [6.45, 7) is 0.877. The first-order valence-electron chi connectivity index (χ1n) is 11.2. The lowest BCUT2D eigenvalue weighted by Crippen LogP contribution is -2.41. The van der Waals surface area contributed by atoms with Crippen LogP contribution in [0.1, 0.15) is 41.5 Å². The first-order chi connectivity index (χ1) is 15.3. The fraction of sp³-hybridized carbons (Fsp3) is 0.545. The van der Waals surface area contributed by atoms with E-state index < -0.39 is 16.1 Å². The van der Waals surface area contributed by atoms with Gasteiger partial charge in [0.05, 0.1) is 18.8 Å². The minimum atomic E-state index is -4.13. The van der Waals surface area contributed by atoms with Crippen LogP contribution in [-0.2, 0) is 42.3 Å². The molecule has 0 radical (unpaired) electrons. The van der Waals surface area contributed by atoms with Gasteiger partial charge in [-0.1, -0.05) is 6.07 Å². The smallest absolute Gasteiger partial charge is 0.333 e. The molecule has 0 spiro atoms. The number of carbonyl (C=O) groups is 1. The Morgan fingerprint density at radius 1 is 1.12 bits per heavy atom. The highest BCUT2D eigenvalue weighted by Crippen LogP contribution is 2.38. The van der Waals surface area contributed by atoms with Gasteiger partial charge in [-0.05, 0) is 81.3 Å². The number of ether oxygens (including phenoxy) is 1. The number of likely N-dealkylation sites (N-methyl/N-ethyl adjacent to an activating group) is 1. The molecule has 1 aromatic heterocycles. The zero-order valence-electron chi connectivity index (χ0n) is 18.5. The number of urea groups is 1. The van der Waals surface area contributed by atoms with E-state index in [0.29, 0.717) is 13.2 Å². The predicted octanol–water partition coefficient (Wildman–Crippen LogP) is 2.08. The minimum absolute atomic E-state index is 0.0977. The third-order valence-electron chi connectivity index (χ3n) is 6.76. The zero-order chi connectivity index (χ0) is 22.5. The lowest BCUT2D eigenvalue weighted by atomic mass is 9.87. The van der Waals surface area contributed by atoms with Crippen LogP contribution in [0.15, 0.2) is 17.2 Å². The first kappa shape index (κ1) is 21.3. The van der Waals surface area contributed by atoms with Crippen molar-refractivity contribution in [2.24, 2.45) is 0 Å². The molecule has 1 aliphatic heterocycles. The number of nitrogens with one attached hydrogen (secondary N) is 2. The lowest BCUT2D eigenvalue weighted by molar-refractivity contribution is 0.117. The molecule has 172 valence electrons. The van der Waals surface area contributed by atoms with E-state index in [9.17, 15) is 13.2 Å². The summed E-state index contributed by atoms with van der Waals surface area (Å²) in [5.41, 5.74) is 5.68. The highest BCUT2D eigenvalue weighted by molar-refractivity contribution is 7.90. The Kier molecular flexibility index (Phi) is 5.37. The van der Waals surface area contributed by atoms with E-state index in [1.807, 2.05) is 19.0 Å². The molecule has 2 N–H and O–H groups in total. The van der Waals surface area contributed by atoms with Crippen LogP contribution in [0.5, 0.6) is 5.88 Å². The van der Waals surface area contributed by atoms with Gasteiger partial charge in [0, 0.05) is 5.69 Å². The number of benzene rings is 1. The standard InChI is InChI=1S/C22H29N5O4S/c1-26(2)16-12-27-21(31-13-16)19(11-23-27)32(29,30)25-22(28)24-20-17-8-4-3-6-14(17)10-15-7-5-9-18(15)20/h10-11,16H,3-9,12-13H2,1-2H3,(H2,24,25,28)/t16-/m1/s1. The number of sulfonamides is 1. The van der Waals surface area contributed by atoms with Crippen molar-refractivity contribution in [3.8, 4) is 5.88 Å². The number of hydrogen-bond acceptors (Lipinski definition) is 6. The van der Waals surface area contributed by atoms with Gasteiger partial charge >= 0.3 is 6.03 Å². The summed E-state index contributed by atoms with van der Waals surface area (Å²) in [4.78, 5) is 14.7. The summed E-state index contributed by atoms with van der Waals surface area (Å²) in [6.07, 6.45) is 8.34. The molecule has 2 amide bonds. The van der Waals surface area contributed by atoms with E-state index in [4.69, 9.17) is 4.74 Å². The average Bonchev–Trinajstić information content (AvgIpc) is 3.39. The summed E-state index contributed by atoms with van der Waals surface area (Å²) in [5.74, 6) is 0.168. The van der Waals surface area contributed by atoms with E-state index >= 15 is 0 Å². The van der Waals surface area contributed by atoms with E-state index in [1.54, 1.807) is 0 Å². The largest absolute Gasteiger partial charge is 0.475 e. The molecule has 2 aromatic rings. The zero-order valence-corrected chi connectivity index (χ0v) is 19.3. The number of aromatic nitrogens is 2. The quantitative estimate of drug-likeness (QED) is 0.725. The van der Waals surface area contributed by atoms with Gasteiger partial charge < -0.3 is 15.0 Å². The van der Waals surface area contributed by atoms with E-state index in [-0.39, 0.29) is 16.8 Å². The number of hydrogen-bond donors (Lipinski definition) is 2. The summed E-state index contributed by atoms with van der Waals surface area (Å²) >= 11 is 0. The van der Waals surface area contributed by atoms with Crippen LogP contribution in [0, 0.1) is 0 Å². The highest BCUT2D eigenvalue weighted by atomic mass is 32.2. The van der Waals surface area contributed by atoms with Gasteiger partial charge in [-0.15, -0.1) is 0 Å². The maximum Gasteiger partial charge on any atom is 0.333 e. The van der Waals surface area contributed by atoms with Crippen LogP contribution in [0.4, 0.5) is 10.5 Å². The Balaban J connectivity index is 1.37. The molecule has 0 unspecified atom stereocenters. The SMILES string of the molecule is CN(C)[C@H]1COc2c(S(=O)(=O)NC(=O)Nc3c4c(cc5c3CCC5)CCCC4)cnn2C1. The lowest BCUT2D eigenvalue weighted by Gasteiger charge is -2.29. The Hall–Kier alpha value is -2.59. The van der Waals surface area contributed by atoms with Crippen LogP contribution in [0.2, 0.25) is 0 Å². The summed E-state index contributed by atoms with van der Waals surface area (Å²) in [6, 6.07) is 1.63. The highest BCUT2D eigenvalue weighted by Gasteiger charge is 2.32. The van der Waals surface area contributed by atoms with Crippen LogP contribution in [0.25, 0.3) is 0 Å². The predicted molar refractivity (Wildman–Crippen MR) is 120 cm³/mol. The molecule has 0 fully saturated rings. The first-order valence-corrected chi connectivity index (χ1v) is 12.7. The van der Waals surface area contributed by atoms with Gasteiger partial charge in [-0.3, -0.25) is 0 Å². The average molecular weight is 460 g/mol. The van der Waals surface area contributed by atoms with Crippen LogP contribution in [-0.4, -0.2) is 55.9 Å². The van der Waals surface area contributed by atoms with E-state index in [0.717, 1.165) is 61.8 Å². The molecular formula is C22H29N5O4S. The fourth-order valence-electron chi connectivity index (χ4n) is 5.00. The number of rotatable bonds is 4. The van der Waals surface area contributed by atoms with Crippen molar-refractivity contribution in [2.45, 2.75) is 62.4 Å². The van der Waals surface area contributed by atoms with Crippen molar-refractivity contribution in [3.63, 3.8) is 0 Å². The Labute approximate surface area is 188 Å². The molecule has 0 saturated carbocycles. The molecule has 0 bridgehead atoms. The second-order valence-electron chi connectivity index (χ2n) is 9.07. The van der Waals surface area contributed by atoms with Gasteiger partial charge in [0.25, 0.3) is 10.0 Å². The molecule has 10 heteroatoms. The summed E-state index contributed by atoms with van der Waals surface area (Å²) in [5, 5.41) is 7.05. The number of amides is 2. The molecule has 32 heavy (non-hydrogen) atoms. The van der Waals surface area contributed by atoms with Crippen molar-refractivity contribution in [2.75, 3.05) is 26.0 Å². The number of aryl methyl sites for hydroxylation is 2.